The monoisotopic (exact) mass is 268 g/mol. The van der Waals surface area contributed by atoms with Crippen LogP contribution in [0.5, 0.6) is 0 Å². The van der Waals surface area contributed by atoms with Crippen molar-refractivity contribution in [3.05, 3.63) is 0 Å². The number of piperidine rings is 2. The summed E-state index contributed by atoms with van der Waals surface area (Å²) in [6.07, 6.45) is 5.63. The lowest BCUT2D eigenvalue weighted by Crippen LogP contribution is -2.50. The van der Waals surface area contributed by atoms with Crippen molar-refractivity contribution in [2.75, 3.05) is 26.2 Å². The molecule has 2 saturated heterocycles. The highest BCUT2D eigenvalue weighted by Gasteiger charge is 2.31. The van der Waals surface area contributed by atoms with Crippen LogP contribution in [0.4, 0.5) is 0 Å². The molecule has 0 spiro atoms. The molecule has 3 atom stereocenters. The Morgan fingerprint density at radius 3 is 2.89 bits per heavy atom. The van der Waals surface area contributed by atoms with Gasteiger partial charge >= 0.3 is 0 Å². The predicted octanol–water partition coefficient (Wildman–Crippen LogP) is 1.79. The molecule has 2 rings (SSSR count). The molecule has 2 heterocycles. The molecule has 2 fully saturated rings. The standard InChI is InChI=1S/C15H28N2O2/c1-3-9-19-14-5-4-8-17(11-14)15(18)13-7-6-12(2)16-10-13/h12-14,16H,3-11H2,1-2H3. The predicted molar refractivity (Wildman–Crippen MR) is 76.0 cm³/mol. The SMILES string of the molecule is CCCOC1CCCN(C(=O)C2CCC(C)NC2)C1. The molecular weight excluding hydrogens is 240 g/mol. The molecule has 3 unspecified atom stereocenters. The maximum absolute atomic E-state index is 12.5. The Bertz CT molecular complexity index is 288. The molecule has 19 heavy (non-hydrogen) atoms. The number of hydrogen-bond donors (Lipinski definition) is 1. The maximum Gasteiger partial charge on any atom is 0.227 e. The number of nitrogens with zero attached hydrogens (tertiary/aromatic N) is 1. The summed E-state index contributed by atoms with van der Waals surface area (Å²) in [4.78, 5) is 14.5. The molecule has 0 radical (unpaired) electrons. The van der Waals surface area contributed by atoms with Gasteiger partial charge in [0.05, 0.1) is 12.0 Å². The van der Waals surface area contributed by atoms with Gasteiger partial charge in [0.15, 0.2) is 0 Å². The third-order valence-corrected chi connectivity index (χ3v) is 4.26. The molecule has 0 aliphatic carbocycles. The Kier molecular flexibility index (Phi) is 5.64. The number of amides is 1. The largest absolute Gasteiger partial charge is 0.376 e. The van der Waals surface area contributed by atoms with Gasteiger partial charge in [-0.15, -0.1) is 0 Å². The number of carbonyl (C=O) groups is 1. The molecule has 2 aliphatic rings. The number of likely N-dealkylation sites (tertiary alicyclic amines) is 1. The van der Waals surface area contributed by atoms with E-state index >= 15 is 0 Å². The summed E-state index contributed by atoms with van der Waals surface area (Å²) in [7, 11) is 0. The third kappa shape index (κ3) is 4.18. The zero-order valence-electron chi connectivity index (χ0n) is 12.4. The van der Waals surface area contributed by atoms with Crippen LogP contribution in [-0.4, -0.2) is 49.2 Å². The van der Waals surface area contributed by atoms with Crippen LogP contribution in [0.25, 0.3) is 0 Å². The first-order chi connectivity index (χ1) is 9.20. The highest BCUT2D eigenvalue weighted by Crippen LogP contribution is 2.20. The Morgan fingerprint density at radius 1 is 1.37 bits per heavy atom. The number of nitrogens with one attached hydrogen (secondary N) is 1. The molecule has 0 aromatic carbocycles. The molecule has 0 aromatic rings. The molecule has 110 valence electrons. The zero-order valence-corrected chi connectivity index (χ0v) is 12.4. The summed E-state index contributed by atoms with van der Waals surface area (Å²) in [6.45, 7) is 7.69. The average Bonchev–Trinajstić information content (AvgIpc) is 2.45. The van der Waals surface area contributed by atoms with E-state index in [1.807, 2.05) is 4.90 Å². The van der Waals surface area contributed by atoms with Crippen LogP contribution in [0.15, 0.2) is 0 Å². The van der Waals surface area contributed by atoms with E-state index < -0.39 is 0 Å². The van der Waals surface area contributed by atoms with E-state index in [2.05, 4.69) is 19.2 Å². The van der Waals surface area contributed by atoms with Crippen LogP contribution in [0.2, 0.25) is 0 Å². The summed E-state index contributed by atoms with van der Waals surface area (Å²) in [6, 6.07) is 0.561. The maximum atomic E-state index is 12.5. The first kappa shape index (κ1) is 14.8. The Morgan fingerprint density at radius 2 is 2.21 bits per heavy atom. The first-order valence-corrected chi connectivity index (χ1v) is 7.84. The lowest BCUT2D eigenvalue weighted by molar-refractivity contribution is -0.140. The van der Waals surface area contributed by atoms with E-state index in [1.165, 1.54) is 0 Å². The summed E-state index contributed by atoms with van der Waals surface area (Å²) >= 11 is 0. The minimum Gasteiger partial charge on any atom is -0.376 e. The normalized spacial score (nSPS) is 32.3. The molecule has 0 saturated carbocycles. The fourth-order valence-corrected chi connectivity index (χ4v) is 3.03. The highest BCUT2D eigenvalue weighted by atomic mass is 16.5. The van der Waals surface area contributed by atoms with Gasteiger partial charge in [0.2, 0.25) is 5.91 Å². The van der Waals surface area contributed by atoms with Gasteiger partial charge in [0.25, 0.3) is 0 Å². The van der Waals surface area contributed by atoms with E-state index in [9.17, 15) is 4.79 Å². The molecule has 1 N–H and O–H groups in total. The lowest BCUT2D eigenvalue weighted by Gasteiger charge is -2.36. The van der Waals surface area contributed by atoms with Crippen molar-refractivity contribution in [2.45, 2.75) is 58.1 Å². The minimum absolute atomic E-state index is 0.182. The molecule has 4 nitrogen and oxygen atoms in total. The fraction of sp³-hybridized carbons (Fsp3) is 0.933. The van der Waals surface area contributed by atoms with E-state index in [4.69, 9.17) is 4.74 Å². The van der Waals surface area contributed by atoms with Crippen molar-refractivity contribution in [3.63, 3.8) is 0 Å². The van der Waals surface area contributed by atoms with E-state index in [0.717, 1.165) is 58.3 Å². The second-order valence-corrected chi connectivity index (χ2v) is 6.00. The zero-order chi connectivity index (χ0) is 13.7. The lowest BCUT2D eigenvalue weighted by atomic mass is 9.93. The minimum atomic E-state index is 0.182. The second kappa shape index (κ2) is 7.25. The smallest absolute Gasteiger partial charge is 0.227 e. The van der Waals surface area contributed by atoms with Gasteiger partial charge in [-0.3, -0.25) is 4.79 Å². The van der Waals surface area contributed by atoms with Gasteiger partial charge in [0.1, 0.15) is 0 Å². The van der Waals surface area contributed by atoms with Crippen molar-refractivity contribution < 1.29 is 9.53 Å². The van der Waals surface area contributed by atoms with Crippen LogP contribution >= 0.6 is 0 Å². The third-order valence-electron chi connectivity index (χ3n) is 4.26. The van der Waals surface area contributed by atoms with Gasteiger partial charge < -0.3 is 15.0 Å². The molecule has 4 heteroatoms. The number of rotatable bonds is 4. The van der Waals surface area contributed by atoms with Crippen LogP contribution in [0.1, 0.15) is 46.0 Å². The average molecular weight is 268 g/mol. The van der Waals surface area contributed by atoms with E-state index in [1.54, 1.807) is 0 Å². The van der Waals surface area contributed by atoms with Crippen molar-refractivity contribution in [1.29, 1.82) is 0 Å². The van der Waals surface area contributed by atoms with Gasteiger partial charge in [-0.25, -0.2) is 0 Å². The van der Waals surface area contributed by atoms with Crippen LogP contribution in [0.3, 0.4) is 0 Å². The molecule has 0 bridgehead atoms. The summed E-state index contributed by atoms with van der Waals surface area (Å²) < 4.78 is 5.81. The second-order valence-electron chi connectivity index (χ2n) is 6.00. The Balaban J connectivity index is 1.81. The topological polar surface area (TPSA) is 41.6 Å². The Hall–Kier alpha value is -0.610. The molecule has 0 aromatic heterocycles. The first-order valence-electron chi connectivity index (χ1n) is 7.84. The van der Waals surface area contributed by atoms with Crippen molar-refractivity contribution in [3.8, 4) is 0 Å². The molecule has 2 aliphatic heterocycles. The highest BCUT2D eigenvalue weighted by molar-refractivity contribution is 5.79. The van der Waals surface area contributed by atoms with Gasteiger partial charge in [0, 0.05) is 32.3 Å². The van der Waals surface area contributed by atoms with E-state index in [0.29, 0.717) is 11.9 Å². The molecular formula is C15H28N2O2. The number of ether oxygens (including phenoxy) is 1. The van der Waals surface area contributed by atoms with Crippen molar-refractivity contribution in [1.82, 2.24) is 10.2 Å². The van der Waals surface area contributed by atoms with Gasteiger partial charge in [-0.1, -0.05) is 6.92 Å². The fourth-order valence-electron chi connectivity index (χ4n) is 3.03. The van der Waals surface area contributed by atoms with Crippen LogP contribution in [-0.2, 0) is 9.53 Å². The van der Waals surface area contributed by atoms with Crippen molar-refractivity contribution in [2.24, 2.45) is 5.92 Å². The van der Waals surface area contributed by atoms with Crippen LogP contribution in [0, 0.1) is 5.92 Å². The van der Waals surface area contributed by atoms with Gasteiger partial charge in [-0.2, -0.15) is 0 Å². The summed E-state index contributed by atoms with van der Waals surface area (Å²) in [5.41, 5.74) is 0. The van der Waals surface area contributed by atoms with Gasteiger partial charge in [-0.05, 0) is 39.0 Å². The van der Waals surface area contributed by atoms with E-state index in [-0.39, 0.29) is 12.0 Å². The Labute approximate surface area is 116 Å². The van der Waals surface area contributed by atoms with Crippen molar-refractivity contribution >= 4 is 5.91 Å². The summed E-state index contributed by atoms with van der Waals surface area (Å²) in [5.74, 6) is 0.519. The quantitative estimate of drug-likeness (QED) is 0.845. The molecule has 1 amide bonds. The number of carbonyl (C=O) groups excluding carboxylic acids is 1. The van der Waals surface area contributed by atoms with Crippen LogP contribution < -0.4 is 5.32 Å². The number of hydrogen-bond acceptors (Lipinski definition) is 3. The summed E-state index contributed by atoms with van der Waals surface area (Å²) in [5, 5.41) is 3.42.